The predicted molar refractivity (Wildman–Crippen MR) is 79.1 cm³/mol. The van der Waals surface area contributed by atoms with Crippen molar-refractivity contribution in [3.05, 3.63) is 59.4 Å². The number of esters is 1. The van der Waals surface area contributed by atoms with Gasteiger partial charge < -0.3 is 9.64 Å². The van der Waals surface area contributed by atoms with E-state index >= 15 is 0 Å². The van der Waals surface area contributed by atoms with Crippen LogP contribution in [0.4, 0.5) is 18.9 Å². The zero-order chi connectivity index (χ0) is 17.0. The molecule has 0 aliphatic heterocycles. The number of hydrogen-bond donors (Lipinski definition) is 0. The van der Waals surface area contributed by atoms with Crippen LogP contribution in [0.25, 0.3) is 0 Å². The number of carbonyl (C=O) groups is 1. The van der Waals surface area contributed by atoms with Gasteiger partial charge in [0.25, 0.3) is 0 Å². The fourth-order valence-corrected chi connectivity index (χ4v) is 1.95. The third-order valence-electron chi connectivity index (χ3n) is 3.09. The molecule has 0 N–H and O–H groups in total. The van der Waals surface area contributed by atoms with Gasteiger partial charge in [-0.1, -0.05) is 12.1 Å². The van der Waals surface area contributed by atoms with Gasteiger partial charge in [0.2, 0.25) is 0 Å². The van der Waals surface area contributed by atoms with Crippen LogP contribution in [-0.2, 0) is 17.5 Å². The minimum Gasteiger partial charge on any atom is -0.457 e. The van der Waals surface area contributed by atoms with Gasteiger partial charge >= 0.3 is 12.1 Å². The second-order valence-corrected chi connectivity index (χ2v) is 5.04. The standard InChI is InChI=1S/C16H15F3N2O2/c1-21(2)12-6-3-5-11(9-12)10-23-15(22)13-7-4-8-20-14(13)16(17,18)19/h3-9H,10H2,1-2H3. The maximum atomic E-state index is 12.8. The summed E-state index contributed by atoms with van der Waals surface area (Å²) in [6, 6.07) is 9.49. The second kappa shape index (κ2) is 6.68. The molecule has 0 atom stereocenters. The number of alkyl halides is 3. The summed E-state index contributed by atoms with van der Waals surface area (Å²) in [6.45, 7) is -0.118. The van der Waals surface area contributed by atoms with Gasteiger partial charge in [0.15, 0.2) is 5.69 Å². The molecular weight excluding hydrogens is 309 g/mol. The second-order valence-electron chi connectivity index (χ2n) is 5.04. The van der Waals surface area contributed by atoms with E-state index in [0.29, 0.717) is 5.56 Å². The van der Waals surface area contributed by atoms with Crippen LogP contribution in [0.15, 0.2) is 42.6 Å². The van der Waals surface area contributed by atoms with Crippen molar-refractivity contribution in [1.82, 2.24) is 4.98 Å². The van der Waals surface area contributed by atoms with Crippen molar-refractivity contribution in [3.63, 3.8) is 0 Å². The number of halogens is 3. The fourth-order valence-electron chi connectivity index (χ4n) is 1.95. The lowest BCUT2D eigenvalue weighted by Gasteiger charge is -2.14. The number of anilines is 1. The lowest BCUT2D eigenvalue weighted by atomic mass is 10.2. The molecule has 1 aromatic heterocycles. The molecule has 0 aliphatic carbocycles. The Morgan fingerprint density at radius 1 is 1.22 bits per heavy atom. The Morgan fingerprint density at radius 3 is 2.61 bits per heavy atom. The summed E-state index contributed by atoms with van der Waals surface area (Å²) in [7, 11) is 3.72. The average Bonchev–Trinajstić information content (AvgIpc) is 2.52. The van der Waals surface area contributed by atoms with E-state index in [0.717, 1.165) is 18.0 Å². The lowest BCUT2D eigenvalue weighted by Crippen LogP contribution is -2.17. The Morgan fingerprint density at radius 2 is 1.96 bits per heavy atom. The van der Waals surface area contributed by atoms with Crippen molar-refractivity contribution < 1.29 is 22.7 Å². The largest absolute Gasteiger partial charge is 0.457 e. The van der Waals surface area contributed by atoms with Gasteiger partial charge in [-0.25, -0.2) is 4.79 Å². The van der Waals surface area contributed by atoms with Crippen molar-refractivity contribution in [1.29, 1.82) is 0 Å². The number of nitrogens with zero attached hydrogens (tertiary/aromatic N) is 2. The molecule has 2 aromatic rings. The lowest BCUT2D eigenvalue weighted by molar-refractivity contribution is -0.141. The first kappa shape index (κ1) is 16.8. The van der Waals surface area contributed by atoms with Crippen LogP contribution in [0.1, 0.15) is 21.6 Å². The Kier molecular flexibility index (Phi) is 4.88. The summed E-state index contributed by atoms with van der Waals surface area (Å²) in [5.74, 6) is -1.05. The first-order valence-electron chi connectivity index (χ1n) is 6.74. The number of benzene rings is 1. The third-order valence-corrected chi connectivity index (χ3v) is 3.09. The van der Waals surface area contributed by atoms with Crippen molar-refractivity contribution in [2.45, 2.75) is 12.8 Å². The van der Waals surface area contributed by atoms with Crippen molar-refractivity contribution in [3.8, 4) is 0 Å². The van der Waals surface area contributed by atoms with E-state index in [-0.39, 0.29) is 6.61 Å². The number of carbonyl (C=O) groups excluding carboxylic acids is 1. The molecule has 0 saturated heterocycles. The molecule has 1 aromatic carbocycles. The molecule has 0 unspecified atom stereocenters. The highest BCUT2D eigenvalue weighted by Crippen LogP contribution is 2.30. The zero-order valence-corrected chi connectivity index (χ0v) is 12.6. The topological polar surface area (TPSA) is 42.4 Å². The molecule has 0 spiro atoms. The third kappa shape index (κ3) is 4.21. The Bertz CT molecular complexity index is 700. The molecule has 0 bridgehead atoms. The minimum absolute atomic E-state index is 0.118. The maximum absolute atomic E-state index is 12.8. The highest BCUT2D eigenvalue weighted by molar-refractivity contribution is 5.90. The molecule has 4 nitrogen and oxygen atoms in total. The SMILES string of the molecule is CN(C)c1cccc(COC(=O)c2cccnc2C(F)(F)F)c1. The molecule has 7 heteroatoms. The van der Waals surface area contributed by atoms with Crippen molar-refractivity contribution in [2.75, 3.05) is 19.0 Å². The molecule has 0 radical (unpaired) electrons. The van der Waals surface area contributed by atoms with Crippen LogP contribution in [0.5, 0.6) is 0 Å². The van der Waals surface area contributed by atoms with Crippen LogP contribution in [0, 0.1) is 0 Å². The smallest absolute Gasteiger partial charge is 0.434 e. The number of rotatable bonds is 4. The number of pyridine rings is 1. The Balaban J connectivity index is 2.13. The molecule has 0 aliphatic rings. The van der Waals surface area contributed by atoms with Gasteiger partial charge in [0.05, 0.1) is 5.56 Å². The summed E-state index contributed by atoms with van der Waals surface area (Å²) in [5, 5.41) is 0. The quantitative estimate of drug-likeness (QED) is 0.807. The normalized spacial score (nSPS) is 11.2. The van der Waals surface area contributed by atoms with Gasteiger partial charge in [-0.3, -0.25) is 4.98 Å². The Labute approximate surface area is 131 Å². The van der Waals surface area contributed by atoms with Crippen molar-refractivity contribution in [2.24, 2.45) is 0 Å². The predicted octanol–water partition coefficient (Wildman–Crippen LogP) is 3.52. The first-order chi connectivity index (χ1) is 10.8. The monoisotopic (exact) mass is 324 g/mol. The van der Waals surface area contributed by atoms with Crippen LogP contribution >= 0.6 is 0 Å². The van der Waals surface area contributed by atoms with E-state index in [4.69, 9.17) is 4.74 Å². The molecule has 122 valence electrons. The first-order valence-corrected chi connectivity index (χ1v) is 6.74. The van der Waals surface area contributed by atoms with Crippen LogP contribution in [-0.4, -0.2) is 25.0 Å². The van der Waals surface area contributed by atoms with E-state index in [1.807, 2.05) is 25.1 Å². The fraction of sp³-hybridized carbons (Fsp3) is 0.250. The van der Waals surface area contributed by atoms with Crippen LogP contribution in [0.2, 0.25) is 0 Å². The molecule has 0 fully saturated rings. The molecule has 0 saturated carbocycles. The summed E-state index contributed by atoms with van der Waals surface area (Å²) in [5.41, 5.74) is -0.256. The summed E-state index contributed by atoms with van der Waals surface area (Å²) < 4.78 is 43.5. The Hall–Kier alpha value is -2.57. The van der Waals surface area contributed by atoms with Crippen LogP contribution in [0.3, 0.4) is 0 Å². The van der Waals surface area contributed by atoms with E-state index in [2.05, 4.69) is 4.98 Å². The van der Waals surface area contributed by atoms with Gasteiger partial charge in [-0.05, 0) is 29.8 Å². The number of aromatic nitrogens is 1. The van der Waals surface area contributed by atoms with E-state index in [1.165, 1.54) is 6.07 Å². The molecule has 2 rings (SSSR count). The maximum Gasteiger partial charge on any atom is 0.434 e. The zero-order valence-electron chi connectivity index (χ0n) is 12.6. The summed E-state index contributed by atoms with van der Waals surface area (Å²) >= 11 is 0. The highest BCUT2D eigenvalue weighted by Gasteiger charge is 2.37. The summed E-state index contributed by atoms with van der Waals surface area (Å²) in [6.07, 6.45) is -3.72. The van der Waals surface area contributed by atoms with E-state index in [1.54, 1.807) is 18.2 Å². The molecule has 0 amide bonds. The van der Waals surface area contributed by atoms with Gasteiger partial charge in [0.1, 0.15) is 6.61 Å². The highest BCUT2D eigenvalue weighted by atomic mass is 19.4. The van der Waals surface area contributed by atoms with E-state index in [9.17, 15) is 18.0 Å². The van der Waals surface area contributed by atoms with E-state index < -0.39 is 23.4 Å². The van der Waals surface area contributed by atoms with Gasteiger partial charge in [0, 0.05) is 26.0 Å². The van der Waals surface area contributed by atoms with Gasteiger partial charge in [-0.15, -0.1) is 0 Å². The molecular formula is C16H15F3N2O2. The number of hydrogen-bond acceptors (Lipinski definition) is 4. The van der Waals surface area contributed by atoms with Crippen molar-refractivity contribution >= 4 is 11.7 Å². The number of ether oxygens (including phenoxy) is 1. The van der Waals surface area contributed by atoms with Gasteiger partial charge in [-0.2, -0.15) is 13.2 Å². The molecule has 1 heterocycles. The summed E-state index contributed by atoms with van der Waals surface area (Å²) in [4.78, 5) is 17.0. The van der Waals surface area contributed by atoms with Crippen LogP contribution < -0.4 is 4.90 Å². The average molecular weight is 324 g/mol. The molecule has 23 heavy (non-hydrogen) atoms. The minimum atomic E-state index is -4.71.